The van der Waals surface area contributed by atoms with E-state index in [1.54, 1.807) is 0 Å². The first-order valence-corrected chi connectivity index (χ1v) is 8.20. The molecule has 112 valence electrons. The quantitative estimate of drug-likeness (QED) is 0.745. The first-order chi connectivity index (χ1) is 9.78. The Morgan fingerprint density at radius 1 is 1.20 bits per heavy atom. The monoisotopic (exact) mass is 275 g/mol. The van der Waals surface area contributed by atoms with Crippen molar-refractivity contribution in [1.82, 2.24) is 5.32 Å². The molecule has 0 atom stereocenters. The average Bonchev–Trinajstić information content (AvgIpc) is 2.46. The average molecular weight is 275 g/mol. The number of rotatable bonds is 7. The fraction of sp³-hybridized carbons (Fsp3) is 0.667. The molecular weight excluding hydrogens is 246 g/mol. The fourth-order valence-corrected chi connectivity index (χ4v) is 3.07. The molecule has 1 aromatic carbocycles. The second-order valence-electron chi connectivity index (χ2n) is 6.17. The van der Waals surface area contributed by atoms with Crippen LogP contribution in [0.1, 0.15) is 51.5 Å². The Balaban J connectivity index is 1.64. The maximum absolute atomic E-state index is 5.53. The van der Waals surface area contributed by atoms with E-state index in [2.05, 4.69) is 30.4 Å². The SMILES string of the molecule is CCOc1cccc(CNCCC2CCC(C)CC2)c1. The Labute approximate surface area is 123 Å². The molecule has 0 radical (unpaired) electrons. The first kappa shape index (κ1) is 15.4. The van der Waals surface area contributed by atoms with Crippen LogP contribution in [0.25, 0.3) is 0 Å². The standard InChI is InChI=1S/C18H29NO/c1-3-20-18-6-4-5-17(13-18)14-19-12-11-16-9-7-15(2)8-10-16/h4-6,13,15-16,19H,3,7-12,14H2,1-2H3. The smallest absolute Gasteiger partial charge is 0.119 e. The predicted molar refractivity (Wildman–Crippen MR) is 85.1 cm³/mol. The van der Waals surface area contributed by atoms with Gasteiger partial charge in [-0.1, -0.05) is 44.7 Å². The van der Waals surface area contributed by atoms with Gasteiger partial charge in [0.1, 0.15) is 5.75 Å². The van der Waals surface area contributed by atoms with Crippen LogP contribution in [0.4, 0.5) is 0 Å². The molecule has 0 spiro atoms. The summed E-state index contributed by atoms with van der Waals surface area (Å²) >= 11 is 0. The van der Waals surface area contributed by atoms with Crippen LogP contribution >= 0.6 is 0 Å². The largest absolute Gasteiger partial charge is 0.494 e. The van der Waals surface area contributed by atoms with Crippen LogP contribution < -0.4 is 10.1 Å². The predicted octanol–water partition coefficient (Wildman–Crippen LogP) is 4.39. The van der Waals surface area contributed by atoms with E-state index in [0.717, 1.165) is 37.3 Å². The molecule has 1 aliphatic rings. The number of benzene rings is 1. The molecule has 1 N–H and O–H groups in total. The summed E-state index contributed by atoms with van der Waals surface area (Å²) in [7, 11) is 0. The van der Waals surface area contributed by atoms with Gasteiger partial charge >= 0.3 is 0 Å². The van der Waals surface area contributed by atoms with Gasteiger partial charge in [0.15, 0.2) is 0 Å². The molecule has 1 saturated carbocycles. The lowest BCUT2D eigenvalue weighted by atomic mass is 9.81. The van der Waals surface area contributed by atoms with E-state index < -0.39 is 0 Å². The third-order valence-corrected chi connectivity index (χ3v) is 4.40. The molecule has 2 heteroatoms. The summed E-state index contributed by atoms with van der Waals surface area (Å²) < 4.78 is 5.53. The molecule has 1 aromatic rings. The molecule has 1 aliphatic carbocycles. The van der Waals surface area contributed by atoms with Crippen molar-refractivity contribution in [2.24, 2.45) is 11.8 Å². The third kappa shape index (κ3) is 5.16. The van der Waals surface area contributed by atoms with Gasteiger partial charge in [0.25, 0.3) is 0 Å². The Morgan fingerprint density at radius 3 is 2.75 bits per heavy atom. The summed E-state index contributed by atoms with van der Waals surface area (Å²) in [4.78, 5) is 0. The van der Waals surface area contributed by atoms with Crippen LogP contribution in [0, 0.1) is 11.8 Å². The zero-order valence-electron chi connectivity index (χ0n) is 13.0. The Bertz CT molecular complexity index is 383. The summed E-state index contributed by atoms with van der Waals surface area (Å²) in [5.74, 6) is 2.89. The third-order valence-electron chi connectivity index (χ3n) is 4.40. The second kappa shape index (κ2) is 8.31. The number of hydrogen-bond donors (Lipinski definition) is 1. The van der Waals surface area contributed by atoms with Crippen molar-refractivity contribution in [3.05, 3.63) is 29.8 Å². The molecule has 1 fully saturated rings. The summed E-state index contributed by atoms with van der Waals surface area (Å²) in [6.45, 7) is 7.23. The highest BCUT2D eigenvalue weighted by Crippen LogP contribution is 2.29. The summed E-state index contributed by atoms with van der Waals surface area (Å²) in [6, 6.07) is 8.40. The Kier molecular flexibility index (Phi) is 6.38. The van der Waals surface area contributed by atoms with Gasteiger partial charge in [-0.15, -0.1) is 0 Å². The van der Waals surface area contributed by atoms with Crippen LogP contribution in [0.2, 0.25) is 0 Å². The van der Waals surface area contributed by atoms with Crippen molar-refractivity contribution >= 4 is 0 Å². The van der Waals surface area contributed by atoms with E-state index >= 15 is 0 Å². The number of ether oxygens (including phenoxy) is 1. The topological polar surface area (TPSA) is 21.3 Å². The molecule has 0 amide bonds. The minimum absolute atomic E-state index is 0.733. The van der Waals surface area contributed by atoms with Crippen molar-refractivity contribution < 1.29 is 4.74 Å². The molecule has 0 unspecified atom stereocenters. The highest BCUT2D eigenvalue weighted by atomic mass is 16.5. The van der Waals surface area contributed by atoms with Gasteiger partial charge in [-0.2, -0.15) is 0 Å². The summed E-state index contributed by atoms with van der Waals surface area (Å²) in [6.07, 6.45) is 7.06. The van der Waals surface area contributed by atoms with E-state index in [4.69, 9.17) is 4.74 Å². The van der Waals surface area contributed by atoms with Crippen molar-refractivity contribution in [3.8, 4) is 5.75 Å². The lowest BCUT2D eigenvalue weighted by Crippen LogP contribution is -2.20. The normalized spacial score (nSPS) is 22.7. The maximum Gasteiger partial charge on any atom is 0.119 e. The Hall–Kier alpha value is -1.02. The van der Waals surface area contributed by atoms with Crippen LogP contribution in [0.3, 0.4) is 0 Å². The fourth-order valence-electron chi connectivity index (χ4n) is 3.07. The molecule has 0 aromatic heterocycles. The van der Waals surface area contributed by atoms with E-state index in [-0.39, 0.29) is 0 Å². The van der Waals surface area contributed by atoms with E-state index in [1.165, 1.54) is 37.7 Å². The summed E-state index contributed by atoms with van der Waals surface area (Å²) in [5.41, 5.74) is 1.31. The number of nitrogens with one attached hydrogen (secondary N) is 1. The van der Waals surface area contributed by atoms with Crippen molar-refractivity contribution in [2.75, 3.05) is 13.2 Å². The van der Waals surface area contributed by atoms with Gasteiger partial charge in [-0.3, -0.25) is 0 Å². The van der Waals surface area contributed by atoms with Crippen molar-refractivity contribution in [1.29, 1.82) is 0 Å². The molecular formula is C18H29NO. The maximum atomic E-state index is 5.53. The first-order valence-electron chi connectivity index (χ1n) is 8.20. The van der Waals surface area contributed by atoms with Crippen molar-refractivity contribution in [3.63, 3.8) is 0 Å². The molecule has 0 bridgehead atoms. The van der Waals surface area contributed by atoms with Gasteiger partial charge in [-0.05, 0) is 49.4 Å². The van der Waals surface area contributed by atoms with Gasteiger partial charge < -0.3 is 10.1 Å². The van der Waals surface area contributed by atoms with E-state index in [0.29, 0.717) is 0 Å². The van der Waals surface area contributed by atoms with E-state index in [9.17, 15) is 0 Å². The summed E-state index contributed by atoms with van der Waals surface area (Å²) in [5, 5.41) is 3.57. The molecule has 2 rings (SSSR count). The highest BCUT2D eigenvalue weighted by Gasteiger charge is 2.17. The zero-order valence-corrected chi connectivity index (χ0v) is 13.0. The zero-order chi connectivity index (χ0) is 14.2. The van der Waals surface area contributed by atoms with Crippen LogP contribution in [0.15, 0.2) is 24.3 Å². The highest BCUT2D eigenvalue weighted by molar-refractivity contribution is 5.28. The van der Waals surface area contributed by atoms with Gasteiger partial charge in [-0.25, -0.2) is 0 Å². The van der Waals surface area contributed by atoms with Crippen molar-refractivity contribution in [2.45, 2.75) is 52.5 Å². The molecule has 0 heterocycles. The molecule has 20 heavy (non-hydrogen) atoms. The Morgan fingerprint density at radius 2 is 2.00 bits per heavy atom. The van der Waals surface area contributed by atoms with Gasteiger partial charge in [0, 0.05) is 6.54 Å². The lowest BCUT2D eigenvalue weighted by Gasteiger charge is -2.26. The molecule has 0 saturated heterocycles. The van der Waals surface area contributed by atoms with E-state index in [1.807, 2.05) is 13.0 Å². The van der Waals surface area contributed by atoms with Gasteiger partial charge in [0.05, 0.1) is 6.61 Å². The van der Waals surface area contributed by atoms with Crippen LogP contribution in [-0.4, -0.2) is 13.2 Å². The lowest BCUT2D eigenvalue weighted by molar-refractivity contribution is 0.275. The van der Waals surface area contributed by atoms with Crippen LogP contribution in [-0.2, 0) is 6.54 Å². The molecule has 0 aliphatic heterocycles. The minimum atomic E-state index is 0.733. The molecule has 2 nitrogen and oxygen atoms in total. The minimum Gasteiger partial charge on any atom is -0.494 e. The van der Waals surface area contributed by atoms with Crippen LogP contribution in [0.5, 0.6) is 5.75 Å². The second-order valence-corrected chi connectivity index (χ2v) is 6.17. The number of hydrogen-bond acceptors (Lipinski definition) is 2. The van der Waals surface area contributed by atoms with Gasteiger partial charge in [0.2, 0.25) is 0 Å².